The van der Waals surface area contributed by atoms with Gasteiger partial charge in [-0.25, -0.2) is 4.39 Å². The zero-order valence-electron chi connectivity index (χ0n) is 11.1. The Morgan fingerprint density at radius 2 is 1.83 bits per heavy atom. The van der Waals surface area contributed by atoms with Crippen LogP contribution in [0, 0.1) is 11.7 Å². The predicted molar refractivity (Wildman–Crippen MR) is 71.7 cm³/mol. The minimum Gasteiger partial charge on any atom is -0.387 e. The highest BCUT2D eigenvalue weighted by Crippen LogP contribution is 2.15. The second-order valence-corrected chi connectivity index (χ2v) is 5.01. The third-order valence-electron chi connectivity index (χ3n) is 2.75. The van der Waals surface area contributed by atoms with E-state index in [-0.39, 0.29) is 5.82 Å². The van der Waals surface area contributed by atoms with Crippen molar-refractivity contribution >= 4 is 0 Å². The van der Waals surface area contributed by atoms with Crippen molar-refractivity contribution in [3.63, 3.8) is 0 Å². The lowest BCUT2D eigenvalue weighted by molar-refractivity contribution is 0.108. The van der Waals surface area contributed by atoms with Gasteiger partial charge < -0.3 is 10.8 Å². The van der Waals surface area contributed by atoms with Crippen LogP contribution in [0.2, 0.25) is 0 Å². The molecule has 1 atom stereocenters. The lowest BCUT2D eigenvalue weighted by Gasteiger charge is -2.26. The zero-order chi connectivity index (χ0) is 13.5. The van der Waals surface area contributed by atoms with Gasteiger partial charge in [-0.1, -0.05) is 26.0 Å². The van der Waals surface area contributed by atoms with Gasteiger partial charge in [0.05, 0.1) is 6.10 Å². The summed E-state index contributed by atoms with van der Waals surface area (Å²) in [4.78, 5) is 2.14. The van der Waals surface area contributed by atoms with Gasteiger partial charge in [-0.3, -0.25) is 4.90 Å². The van der Waals surface area contributed by atoms with E-state index >= 15 is 0 Å². The quantitative estimate of drug-likeness (QED) is 0.779. The summed E-state index contributed by atoms with van der Waals surface area (Å²) in [6.07, 6.45) is -0.601. The van der Waals surface area contributed by atoms with Crippen LogP contribution in [0.5, 0.6) is 0 Å². The summed E-state index contributed by atoms with van der Waals surface area (Å²) in [7, 11) is 0. The van der Waals surface area contributed by atoms with Crippen LogP contribution >= 0.6 is 0 Å². The van der Waals surface area contributed by atoms with Crippen LogP contribution in [0.3, 0.4) is 0 Å². The molecule has 3 nitrogen and oxygen atoms in total. The molecule has 0 radical (unpaired) electrons. The third kappa shape index (κ3) is 5.12. The van der Waals surface area contributed by atoms with E-state index in [2.05, 4.69) is 18.7 Å². The second kappa shape index (κ2) is 7.46. The Bertz CT molecular complexity index is 340. The fourth-order valence-corrected chi connectivity index (χ4v) is 1.99. The van der Waals surface area contributed by atoms with Gasteiger partial charge in [0.2, 0.25) is 0 Å². The highest BCUT2D eigenvalue weighted by atomic mass is 19.1. The summed E-state index contributed by atoms with van der Waals surface area (Å²) in [5.41, 5.74) is 6.30. The number of hydrogen-bond donors (Lipinski definition) is 2. The summed E-state index contributed by atoms with van der Waals surface area (Å²) >= 11 is 0. The number of nitrogens with two attached hydrogens (primary N) is 1. The highest BCUT2D eigenvalue weighted by molar-refractivity contribution is 5.18. The molecule has 1 aromatic rings. The van der Waals surface area contributed by atoms with Crippen LogP contribution in [0.1, 0.15) is 25.5 Å². The Balaban J connectivity index is 2.59. The standard InChI is InChI=1S/C14H23FN2O/c1-11(2)9-17(8-7-16)10-14(18)12-3-5-13(15)6-4-12/h3-6,11,14,18H,7-10,16H2,1-2H3. The maximum absolute atomic E-state index is 12.8. The molecule has 0 saturated carbocycles. The zero-order valence-corrected chi connectivity index (χ0v) is 11.1. The van der Waals surface area contributed by atoms with Crippen molar-refractivity contribution in [1.82, 2.24) is 4.90 Å². The van der Waals surface area contributed by atoms with Gasteiger partial charge in [0, 0.05) is 26.2 Å². The molecule has 3 N–H and O–H groups in total. The fourth-order valence-electron chi connectivity index (χ4n) is 1.99. The average molecular weight is 254 g/mol. The van der Waals surface area contributed by atoms with E-state index in [0.29, 0.717) is 19.0 Å². The van der Waals surface area contributed by atoms with Gasteiger partial charge in [0.1, 0.15) is 5.82 Å². The lowest BCUT2D eigenvalue weighted by atomic mass is 10.1. The average Bonchev–Trinajstić information content (AvgIpc) is 2.29. The molecular weight excluding hydrogens is 231 g/mol. The van der Waals surface area contributed by atoms with Crippen molar-refractivity contribution in [2.75, 3.05) is 26.2 Å². The van der Waals surface area contributed by atoms with Crippen molar-refractivity contribution in [3.8, 4) is 0 Å². The molecule has 4 heteroatoms. The monoisotopic (exact) mass is 254 g/mol. The Labute approximate surface area is 108 Å². The first-order valence-electron chi connectivity index (χ1n) is 6.39. The molecule has 0 fully saturated rings. The van der Waals surface area contributed by atoms with Gasteiger partial charge in [-0.2, -0.15) is 0 Å². The number of rotatable bonds is 7. The maximum atomic E-state index is 12.8. The number of halogens is 1. The molecule has 1 aromatic carbocycles. The topological polar surface area (TPSA) is 49.5 Å². The van der Waals surface area contributed by atoms with Crippen LogP contribution in [0.25, 0.3) is 0 Å². The molecule has 0 spiro atoms. The first kappa shape index (κ1) is 15.1. The SMILES string of the molecule is CC(C)CN(CCN)CC(O)c1ccc(F)cc1. The van der Waals surface area contributed by atoms with E-state index < -0.39 is 6.10 Å². The van der Waals surface area contributed by atoms with Gasteiger partial charge in [0.25, 0.3) is 0 Å². The molecule has 0 aromatic heterocycles. The predicted octanol–water partition coefficient (Wildman–Crippen LogP) is 1.78. The molecule has 0 bridgehead atoms. The third-order valence-corrected chi connectivity index (χ3v) is 2.75. The fraction of sp³-hybridized carbons (Fsp3) is 0.571. The minimum absolute atomic E-state index is 0.285. The normalized spacial score (nSPS) is 13.3. The number of hydrogen-bond acceptors (Lipinski definition) is 3. The summed E-state index contributed by atoms with van der Waals surface area (Å²) < 4.78 is 12.8. The summed E-state index contributed by atoms with van der Waals surface area (Å²) in [5.74, 6) is 0.240. The lowest BCUT2D eigenvalue weighted by Crippen LogP contribution is -2.36. The van der Waals surface area contributed by atoms with Gasteiger partial charge in [-0.15, -0.1) is 0 Å². The van der Waals surface area contributed by atoms with Gasteiger partial charge >= 0.3 is 0 Å². The van der Waals surface area contributed by atoms with E-state index in [1.54, 1.807) is 12.1 Å². The van der Waals surface area contributed by atoms with Crippen molar-refractivity contribution in [2.45, 2.75) is 20.0 Å². The number of aliphatic hydroxyl groups excluding tert-OH is 1. The van der Waals surface area contributed by atoms with Crippen LogP contribution in [-0.4, -0.2) is 36.2 Å². The molecule has 102 valence electrons. The number of nitrogens with zero attached hydrogens (tertiary/aromatic N) is 1. The first-order chi connectivity index (χ1) is 8.52. The van der Waals surface area contributed by atoms with Crippen molar-refractivity contribution < 1.29 is 9.50 Å². The van der Waals surface area contributed by atoms with E-state index in [0.717, 1.165) is 18.7 Å². The van der Waals surface area contributed by atoms with Gasteiger partial charge in [0.15, 0.2) is 0 Å². The highest BCUT2D eigenvalue weighted by Gasteiger charge is 2.14. The summed E-state index contributed by atoms with van der Waals surface area (Å²) in [6.45, 7) is 7.03. The smallest absolute Gasteiger partial charge is 0.123 e. The van der Waals surface area contributed by atoms with E-state index in [4.69, 9.17) is 5.73 Å². The molecule has 0 heterocycles. The van der Waals surface area contributed by atoms with E-state index in [1.807, 2.05) is 0 Å². The molecule has 0 aliphatic heterocycles. The largest absolute Gasteiger partial charge is 0.387 e. The second-order valence-electron chi connectivity index (χ2n) is 5.01. The number of aliphatic hydroxyl groups is 1. The van der Waals surface area contributed by atoms with Crippen molar-refractivity contribution in [1.29, 1.82) is 0 Å². The van der Waals surface area contributed by atoms with Crippen LogP contribution < -0.4 is 5.73 Å². The molecule has 0 amide bonds. The Morgan fingerprint density at radius 3 is 2.33 bits per heavy atom. The summed E-state index contributed by atoms with van der Waals surface area (Å²) in [6, 6.07) is 5.98. The molecule has 1 unspecified atom stereocenters. The van der Waals surface area contributed by atoms with Crippen LogP contribution in [0.15, 0.2) is 24.3 Å². The molecule has 0 aliphatic carbocycles. The maximum Gasteiger partial charge on any atom is 0.123 e. The van der Waals surface area contributed by atoms with E-state index in [1.165, 1.54) is 12.1 Å². The minimum atomic E-state index is -0.601. The first-order valence-corrected chi connectivity index (χ1v) is 6.39. The number of benzene rings is 1. The summed E-state index contributed by atoms with van der Waals surface area (Å²) in [5, 5.41) is 10.1. The van der Waals surface area contributed by atoms with Crippen molar-refractivity contribution in [3.05, 3.63) is 35.6 Å². The Morgan fingerprint density at radius 1 is 1.22 bits per heavy atom. The van der Waals surface area contributed by atoms with Crippen LogP contribution in [-0.2, 0) is 0 Å². The van der Waals surface area contributed by atoms with Crippen LogP contribution in [0.4, 0.5) is 4.39 Å². The van der Waals surface area contributed by atoms with E-state index in [9.17, 15) is 9.50 Å². The molecule has 0 aliphatic rings. The molecule has 1 rings (SSSR count). The molecular formula is C14H23FN2O. The Hall–Kier alpha value is -0.970. The molecule has 0 saturated heterocycles. The Kier molecular flexibility index (Phi) is 6.25. The molecule has 18 heavy (non-hydrogen) atoms. The van der Waals surface area contributed by atoms with Crippen molar-refractivity contribution in [2.24, 2.45) is 11.7 Å². The van der Waals surface area contributed by atoms with Gasteiger partial charge in [-0.05, 0) is 23.6 Å².